The maximum absolute atomic E-state index is 12.5. The normalized spacial score (nSPS) is 28.0. The fourth-order valence-electron chi connectivity index (χ4n) is 3.50. The topological polar surface area (TPSA) is 63.4 Å². The van der Waals surface area contributed by atoms with Gasteiger partial charge in [-0.25, -0.2) is 0 Å². The molecule has 21 heavy (non-hydrogen) atoms. The largest absolute Gasteiger partial charge is 0.393 e. The number of nitrogens with two attached hydrogens (primary N) is 1. The standard InChI is InChI=1S/C16H18N2O2S/c1-9-6-12-13(7-9)16(20)18(15(12)19)11-4-2-10(3-5-11)8-14(17)21/h2-5,9,12-13H,6-8H2,1H3,(H2,17,21). The van der Waals surface area contributed by atoms with E-state index in [1.807, 2.05) is 12.1 Å². The first kappa shape index (κ1) is 14.2. The summed E-state index contributed by atoms with van der Waals surface area (Å²) in [5.74, 6) is 0.128. The summed E-state index contributed by atoms with van der Waals surface area (Å²) >= 11 is 4.88. The quantitative estimate of drug-likeness (QED) is 0.685. The SMILES string of the molecule is CC1CC2C(=O)N(c3ccc(CC(N)=S)cc3)C(=O)C2C1. The number of rotatable bonds is 3. The van der Waals surface area contributed by atoms with Gasteiger partial charge in [0.1, 0.15) is 0 Å². The zero-order chi connectivity index (χ0) is 15.1. The summed E-state index contributed by atoms with van der Waals surface area (Å²) in [7, 11) is 0. The van der Waals surface area contributed by atoms with Gasteiger partial charge in [0.05, 0.1) is 22.5 Å². The van der Waals surface area contributed by atoms with E-state index in [2.05, 4.69) is 6.92 Å². The van der Waals surface area contributed by atoms with Gasteiger partial charge in [0.25, 0.3) is 0 Å². The molecule has 2 atom stereocenters. The maximum Gasteiger partial charge on any atom is 0.237 e. The van der Waals surface area contributed by atoms with Crippen LogP contribution in [0.4, 0.5) is 5.69 Å². The zero-order valence-electron chi connectivity index (χ0n) is 11.9. The molecule has 2 aliphatic rings. The van der Waals surface area contributed by atoms with Crippen molar-refractivity contribution in [3.63, 3.8) is 0 Å². The summed E-state index contributed by atoms with van der Waals surface area (Å²) in [6.45, 7) is 2.10. The third-order valence-corrected chi connectivity index (χ3v) is 4.59. The highest BCUT2D eigenvalue weighted by Crippen LogP contribution is 2.44. The smallest absolute Gasteiger partial charge is 0.237 e. The number of benzene rings is 1. The predicted octanol–water partition coefficient (Wildman–Crippen LogP) is 2.05. The molecule has 1 aromatic carbocycles. The van der Waals surface area contributed by atoms with Gasteiger partial charge >= 0.3 is 0 Å². The molecule has 3 rings (SSSR count). The van der Waals surface area contributed by atoms with E-state index >= 15 is 0 Å². The summed E-state index contributed by atoms with van der Waals surface area (Å²) in [5.41, 5.74) is 7.15. The van der Waals surface area contributed by atoms with Crippen molar-refractivity contribution in [2.75, 3.05) is 4.90 Å². The second kappa shape index (κ2) is 5.22. The molecule has 2 unspecified atom stereocenters. The van der Waals surface area contributed by atoms with E-state index in [1.165, 1.54) is 4.90 Å². The Labute approximate surface area is 129 Å². The van der Waals surface area contributed by atoms with Crippen LogP contribution >= 0.6 is 12.2 Å². The molecule has 1 aliphatic carbocycles. The second-order valence-electron chi connectivity index (χ2n) is 6.11. The molecule has 4 nitrogen and oxygen atoms in total. The number of nitrogens with zero attached hydrogens (tertiary/aromatic N) is 1. The van der Waals surface area contributed by atoms with Gasteiger partial charge in [0.15, 0.2) is 0 Å². The highest BCUT2D eigenvalue weighted by atomic mass is 32.1. The third-order valence-electron chi connectivity index (χ3n) is 4.45. The van der Waals surface area contributed by atoms with Crippen LogP contribution in [0, 0.1) is 17.8 Å². The molecule has 0 aromatic heterocycles. The predicted molar refractivity (Wildman–Crippen MR) is 84.8 cm³/mol. The first-order valence-corrected chi connectivity index (χ1v) is 7.63. The molecule has 2 amide bonds. The van der Waals surface area contributed by atoms with Crippen LogP contribution in [0.15, 0.2) is 24.3 Å². The van der Waals surface area contributed by atoms with E-state index in [0.717, 1.165) is 18.4 Å². The Morgan fingerprint density at radius 2 is 1.71 bits per heavy atom. The molecular formula is C16H18N2O2S. The molecule has 2 fully saturated rings. The van der Waals surface area contributed by atoms with Crippen molar-refractivity contribution < 1.29 is 9.59 Å². The lowest BCUT2D eigenvalue weighted by Gasteiger charge is -2.17. The number of hydrogen-bond acceptors (Lipinski definition) is 3. The lowest BCUT2D eigenvalue weighted by atomic mass is 10.00. The minimum absolute atomic E-state index is 0.0450. The Kier molecular flexibility index (Phi) is 3.53. The highest BCUT2D eigenvalue weighted by molar-refractivity contribution is 7.80. The second-order valence-corrected chi connectivity index (χ2v) is 6.64. The van der Waals surface area contributed by atoms with E-state index in [4.69, 9.17) is 18.0 Å². The summed E-state index contributed by atoms with van der Waals surface area (Å²) in [6.07, 6.45) is 2.18. The zero-order valence-corrected chi connectivity index (χ0v) is 12.7. The van der Waals surface area contributed by atoms with E-state index < -0.39 is 0 Å². The van der Waals surface area contributed by atoms with Gasteiger partial charge in [-0.05, 0) is 36.5 Å². The Balaban J connectivity index is 1.83. The maximum atomic E-state index is 12.5. The van der Waals surface area contributed by atoms with Gasteiger partial charge in [0.2, 0.25) is 11.8 Å². The van der Waals surface area contributed by atoms with Crippen molar-refractivity contribution in [3.8, 4) is 0 Å². The molecule has 110 valence electrons. The van der Waals surface area contributed by atoms with Crippen LogP contribution in [-0.2, 0) is 16.0 Å². The van der Waals surface area contributed by atoms with Gasteiger partial charge in [-0.2, -0.15) is 0 Å². The van der Waals surface area contributed by atoms with Crippen LogP contribution in [0.5, 0.6) is 0 Å². The minimum Gasteiger partial charge on any atom is -0.393 e. The van der Waals surface area contributed by atoms with Gasteiger partial charge in [-0.3, -0.25) is 14.5 Å². The molecule has 5 heteroatoms. The number of amides is 2. The summed E-state index contributed by atoms with van der Waals surface area (Å²) in [4.78, 5) is 26.7. The number of hydrogen-bond donors (Lipinski definition) is 1. The van der Waals surface area contributed by atoms with Crippen LogP contribution in [0.25, 0.3) is 0 Å². The number of imide groups is 1. The fraction of sp³-hybridized carbons (Fsp3) is 0.438. The van der Waals surface area contributed by atoms with E-state index in [1.54, 1.807) is 12.1 Å². The average Bonchev–Trinajstić information content (AvgIpc) is 2.90. The highest BCUT2D eigenvalue weighted by Gasteiger charge is 2.52. The van der Waals surface area contributed by atoms with Crippen molar-refractivity contribution in [1.29, 1.82) is 0 Å². The first-order valence-electron chi connectivity index (χ1n) is 7.22. The Hall–Kier alpha value is -1.75. The van der Waals surface area contributed by atoms with Crippen molar-refractivity contribution >= 4 is 34.7 Å². The number of carbonyl (C=O) groups is 2. The summed E-state index contributed by atoms with van der Waals surface area (Å²) in [6, 6.07) is 7.33. The molecule has 0 spiro atoms. The van der Waals surface area contributed by atoms with E-state index in [0.29, 0.717) is 23.0 Å². The van der Waals surface area contributed by atoms with Gasteiger partial charge < -0.3 is 5.73 Å². The Bertz CT molecular complexity index is 587. The van der Waals surface area contributed by atoms with Crippen LogP contribution in [0.2, 0.25) is 0 Å². The van der Waals surface area contributed by atoms with Crippen LogP contribution in [0.1, 0.15) is 25.3 Å². The number of fused-ring (bicyclic) bond motifs is 1. The number of carbonyl (C=O) groups excluding carboxylic acids is 2. The summed E-state index contributed by atoms with van der Waals surface area (Å²) in [5, 5.41) is 0. The van der Waals surface area contributed by atoms with Gasteiger partial charge in [-0.15, -0.1) is 0 Å². The number of anilines is 1. The molecule has 1 aromatic rings. The molecular weight excluding hydrogens is 284 g/mol. The molecule has 1 aliphatic heterocycles. The Morgan fingerprint density at radius 1 is 1.19 bits per heavy atom. The monoisotopic (exact) mass is 302 g/mol. The average molecular weight is 302 g/mol. The van der Waals surface area contributed by atoms with Crippen molar-refractivity contribution in [1.82, 2.24) is 0 Å². The van der Waals surface area contributed by atoms with E-state index in [9.17, 15) is 9.59 Å². The first-order chi connectivity index (χ1) is 9.97. The lowest BCUT2D eigenvalue weighted by molar-refractivity contribution is -0.123. The molecule has 0 bridgehead atoms. The molecule has 1 heterocycles. The van der Waals surface area contributed by atoms with E-state index in [-0.39, 0.29) is 23.7 Å². The molecule has 1 saturated carbocycles. The third kappa shape index (κ3) is 2.46. The van der Waals surface area contributed by atoms with Crippen molar-refractivity contribution in [3.05, 3.63) is 29.8 Å². The van der Waals surface area contributed by atoms with Crippen molar-refractivity contribution in [2.45, 2.75) is 26.2 Å². The molecule has 0 radical (unpaired) electrons. The minimum atomic E-state index is -0.121. The molecule has 2 N–H and O–H groups in total. The van der Waals surface area contributed by atoms with Crippen LogP contribution in [0.3, 0.4) is 0 Å². The molecule has 1 saturated heterocycles. The van der Waals surface area contributed by atoms with Crippen LogP contribution in [-0.4, -0.2) is 16.8 Å². The number of thiocarbonyl (C=S) groups is 1. The van der Waals surface area contributed by atoms with Gasteiger partial charge in [-0.1, -0.05) is 31.3 Å². The fourth-order valence-corrected chi connectivity index (χ4v) is 3.66. The van der Waals surface area contributed by atoms with Gasteiger partial charge in [0, 0.05) is 6.42 Å². The lowest BCUT2D eigenvalue weighted by Crippen LogP contribution is -2.32. The Morgan fingerprint density at radius 3 is 2.19 bits per heavy atom. The van der Waals surface area contributed by atoms with Crippen molar-refractivity contribution in [2.24, 2.45) is 23.5 Å². The van der Waals surface area contributed by atoms with Crippen LogP contribution < -0.4 is 10.6 Å². The summed E-state index contributed by atoms with van der Waals surface area (Å²) < 4.78 is 0.